The average Bonchev–Trinajstić information content (AvgIpc) is 2.46. The quantitative estimate of drug-likeness (QED) is 0.918. The number of rotatable bonds is 3. The van der Waals surface area contributed by atoms with Crippen LogP contribution in [-0.4, -0.2) is 18.0 Å². The van der Waals surface area contributed by atoms with E-state index in [0.717, 1.165) is 5.69 Å². The van der Waals surface area contributed by atoms with Crippen molar-refractivity contribution in [3.8, 4) is 5.75 Å². The molecular weight excluding hydrogens is 300 g/mol. The maximum absolute atomic E-state index is 12.2. The molecule has 0 atom stereocenters. The van der Waals surface area contributed by atoms with Crippen molar-refractivity contribution in [1.82, 2.24) is 4.98 Å². The SMILES string of the molecule is COc1ccc(NC(=O)c2ccc(C(C)(C)C)nc2)cc1Cl. The van der Waals surface area contributed by atoms with Crippen molar-refractivity contribution in [3.05, 3.63) is 52.8 Å². The van der Waals surface area contributed by atoms with E-state index in [0.29, 0.717) is 22.0 Å². The maximum Gasteiger partial charge on any atom is 0.257 e. The zero-order valence-corrected chi connectivity index (χ0v) is 13.9. The number of aromatic nitrogens is 1. The molecule has 0 bridgehead atoms. The summed E-state index contributed by atoms with van der Waals surface area (Å²) in [6.45, 7) is 6.23. The second kappa shape index (κ2) is 6.36. The molecule has 0 aliphatic carbocycles. The van der Waals surface area contributed by atoms with Crippen LogP contribution in [0.3, 0.4) is 0 Å². The molecule has 2 rings (SSSR count). The molecule has 0 radical (unpaired) electrons. The van der Waals surface area contributed by atoms with Gasteiger partial charge in [-0.2, -0.15) is 0 Å². The van der Waals surface area contributed by atoms with Crippen molar-refractivity contribution in [2.75, 3.05) is 12.4 Å². The molecule has 0 fully saturated rings. The zero-order chi connectivity index (χ0) is 16.3. The van der Waals surface area contributed by atoms with E-state index in [2.05, 4.69) is 31.1 Å². The number of halogens is 1. The summed E-state index contributed by atoms with van der Waals surface area (Å²) < 4.78 is 5.08. The van der Waals surface area contributed by atoms with Gasteiger partial charge in [0.15, 0.2) is 0 Å². The van der Waals surface area contributed by atoms with E-state index in [-0.39, 0.29) is 11.3 Å². The molecule has 4 nitrogen and oxygen atoms in total. The molecule has 0 aliphatic rings. The number of anilines is 1. The lowest BCUT2D eigenvalue weighted by Crippen LogP contribution is -2.16. The smallest absolute Gasteiger partial charge is 0.257 e. The van der Waals surface area contributed by atoms with Crippen LogP contribution in [0.4, 0.5) is 5.69 Å². The van der Waals surface area contributed by atoms with Gasteiger partial charge in [0.1, 0.15) is 5.75 Å². The number of pyridine rings is 1. The summed E-state index contributed by atoms with van der Waals surface area (Å²) in [5.74, 6) is 0.338. The Kier molecular flexibility index (Phi) is 4.71. The highest BCUT2D eigenvalue weighted by atomic mass is 35.5. The van der Waals surface area contributed by atoms with Crippen molar-refractivity contribution in [1.29, 1.82) is 0 Å². The maximum atomic E-state index is 12.2. The standard InChI is InChI=1S/C17H19ClN2O2/c1-17(2,3)15-8-5-11(10-19-15)16(21)20-12-6-7-14(22-4)13(18)9-12/h5-10H,1-4H3,(H,20,21). The number of carbonyl (C=O) groups is 1. The largest absolute Gasteiger partial charge is 0.495 e. The molecule has 0 aliphatic heterocycles. The first-order chi connectivity index (χ1) is 10.3. The van der Waals surface area contributed by atoms with Crippen molar-refractivity contribution in [2.45, 2.75) is 26.2 Å². The van der Waals surface area contributed by atoms with Gasteiger partial charge in [0.2, 0.25) is 0 Å². The molecule has 2 aromatic rings. The summed E-state index contributed by atoms with van der Waals surface area (Å²) in [7, 11) is 1.54. The molecule has 0 unspecified atom stereocenters. The molecule has 1 aromatic carbocycles. The number of hydrogen-bond donors (Lipinski definition) is 1. The van der Waals surface area contributed by atoms with E-state index in [9.17, 15) is 4.79 Å². The highest BCUT2D eigenvalue weighted by molar-refractivity contribution is 6.32. The lowest BCUT2D eigenvalue weighted by Gasteiger charge is -2.17. The first-order valence-corrected chi connectivity index (χ1v) is 7.30. The van der Waals surface area contributed by atoms with Gasteiger partial charge < -0.3 is 10.1 Å². The van der Waals surface area contributed by atoms with Crippen LogP contribution in [0.1, 0.15) is 36.8 Å². The number of carbonyl (C=O) groups excluding carboxylic acids is 1. The summed E-state index contributed by atoms with van der Waals surface area (Å²) >= 11 is 6.04. The van der Waals surface area contributed by atoms with Gasteiger partial charge in [0, 0.05) is 23.0 Å². The Hall–Kier alpha value is -2.07. The van der Waals surface area contributed by atoms with Gasteiger partial charge in [-0.1, -0.05) is 32.4 Å². The highest BCUT2D eigenvalue weighted by Gasteiger charge is 2.16. The predicted molar refractivity (Wildman–Crippen MR) is 88.9 cm³/mol. The van der Waals surface area contributed by atoms with Crippen LogP contribution in [0.5, 0.6) is 5.75 Å². The number of methoxy groups -OCH3 is 1. The van der Waals surface area contributed by atoms with Crippen molar-refractivity contribution >= 4 is 23.2 Å². The van der Waals surface area contributed by atoms with Crippen LogP contribution in [-0.2, 0) is 5.41 Å². The minimum atomic E-state index is -0.228. The van der Waals surface area contributed by atoms with Crippen LogP contribution < -0.4 is 10.1 Å². The second-order valence-corrected chi connectivity index (χ2v) is 6.39. The van der Waals surface area contributed by atoms with E-state index in [1.165, 1.54) is 0 Å². The Bertz CT molecular complexity index is 676. The van der Waals surface area contributed by atoms with Crippen molar-refractivity contribution in [3.63, 3.8) is 0 Å². The lowest BCUT2D eigenvalue weighted by atomic mass is 9.91. The fraction of sp³-hybridized carbons (Fsp3) is 0.294. The fourth-order valence-electron chi connectivity index (χ4n) is 1.92. The fourth-order valence-corrected chi connectivity index (χ4v) is 2.18. The molecular formula is C17H19ClN2O2. The van der Waals surface area contributed by atoms with Crippen LogP contribution in [0, 0.1) is 0 Å². The van der Waals surface area contributed by atoms with Gasteiger partial charge in [0.05, 0.1) is 17.7 Å². The predicted octanol–water partition coefficient (Wildman–Crippen LogP) is 4.29. The third-order valence-corrected chi connectivity index (χ3v) is 3.50. The summed E-state index contributed by atoms with van der Waals surface area (Å²) in [6, 6.07) is 8.73. The molecule has 0 spiro atoms. The minimum absolute atomic E-state index is 0.0431. The Labute approximate surface area is 135 Å². The van der Waals surface area contributed by atoms with Crippen LogP contribution in [0.25, 0.3) is 0 Å². The Morgan fingerprint density at radius 2 is 1.95 bits per heavy atom. The normalized spacial score (nSPS) is 11.1. The zero-order valence-electron chi connectivity index (χ0n) is 13.1. The number of hydrogen-bond acceptors (Lipinski definition) is 3. The molecule has 5 heteroatoms. The van der Waals surface area contributed by atoms with Gasteiger partial charge in [-0.15, -0.1) is 0 Å². The molecule has 116 valence electrons. The second-order valence-electron chi connectivity index (χ2n) is 5.99. The number of nitrogens with one attached hydrogen (secondary N) is 1. The van der Waals surface area contributed by atoms with Crippen LogP contribution >= 0.6 is 11.6 Å². The molecule has 0 saturated carbocycles. The average molecular weight is 319 g/mol. The molecule has 1 aromatic heterocycles. The highest BCUT2D eigenvalue weighted by Crippen LogP contribution is 2.27. The summed E-state index contributed by atoms with van der Waals surface area (Å²) in [5, 5.41) is 3.24. The third kappa shape index (κ3) is 3.77. The first-order valence-electron chi connectivity index (χ1n) is 6.92. The summed E-state index contributed by atoms with van der Waals surface area (Å²) in [5.41, 5.74) is 2.01. The van der Waals surface area contributed by atoms with Gasteiger partial charge in [-0.05, 0) is 30.3 Å². The van der Waals surface area contributed by atoms with E-state index in [4.69, 9.17) is 16.3 Å². The molecule has 1 heterocycles. The van der Waals surface area contributed by atoms with Gasteiger partial charge in [-0.25, -0.2) is 0 Å². The number of ether oxygens (including phenoxy) is 1. The third-order valence-electron chi connectivity index (χ3n) is 3.20. The van der Waals surface area contributed by atoms with Crippen molar-refractivity contribution in [2.24, 2.45) is 0 Å². The number of benzene rings is 1. The van der Waals surface area contributed by atoms with E-state index < -0.39 is 0 Å². The van der Waals surface area contributed by atoms with Gasteiger partial charge >= 0.3 is 0 Å². The monoisotopic (exact) mass is 318 g/mol. The first kappa shape index (κ1) is 16.3. The summed E-state index contributed by atoms with van der Waals surface area (Å²) in [6.07, 6.45) is 1.58. The lowest BCUT2D eigenvalue weighted by molar-refractivity contribution is 0.102. The number of amides is 1. The minimum Gasteiger partial charge on any atom is -0.495 e. The Balaban J connectivity index is 2.14. The van der Waals surface area contributed by atoms with E-state index in [1.54, 1.807) is 37.6 Å². The van der Waals surface area contributed by atoms with Crippen molar-refractivity contribution < 1.29 is 9.53 Å². The van der Waals surface area contributed by atoms with E-state index >= 15 is 0 Å². The number of nitrogens with zero attached hydrogens (tertiary/aromatic N) is 1. The van der Waals surface area contributed by atoms with Gasteiger partial charge in [0.25, 0.3) is 5.91 Å². The summed E-state index contributed by atoms with van der Waals surface area (Å²) in [4.78, 5) is 16.6. The van der Waals surface area contributed by atoms with Crippen LogP contribution in [0.15, 0.2) is 36.5 Å². The molecule has 1 N–H and O–H groups in total. The molecule has 22 heavy (non-hydrogen) atoms. The topological polar surface area (TPSA) is 51.2 Å². The van der Waals surface area contributed by atoms with Gasteiger partial charge in [-0.3, -0.25) is 9.78 Å². The Morgan fingerprint density at radius 1 is 1.23 bits per heavy atom. The van der Waals surface area contributed by atoms with E-state index in [1.807, 2.05) is 6.07 Å². The molecule has 1 amide bonds. The van der Waals surface area contributed by atoms with Crippen LogP contribution in [0.2, 0.25) is 5.02 Å². The Morgan fingerprint density at radius 3 is 2.45 bits per heavy atom. The molecule has 0 saturated heterocycles.